The van der Waals surface area contributed by atoms with Crippen molar-refractivity contribution >= 4 is 9.84 Å². The van der Waals surface area contributed by atoms with Gasteiger partial charge in [0.15, 0.2) is 9.84 Å². The first kappa shape index (κ1) is 10.3. The molecule has 0 spiro atoms. The lowest BCUT2D eigenvalue weighted by Crippen LogP contribution is -2.49. The molecule has 3 nitrogen and oxygen atoms in total. The highest BCUT2D eigenvalue weighted by atomic mass is 32.2. The SMILES string of the molecule is CC1CS(=O)(=O)C2Cc3ccccc3C2N1. The molecule has 86 valence electrons. The van der Waals surface area contributed by atoms with Gasteiger partial charge in [-0.15, -0.1) is 0 Å². The van der Waals surface area contributed by atoms with E-state index in [0.717, 1.165) is 0 Å². The van der Waals surface area contributed by atoms with E-state index in [2.05, 4.69) is 5.32 Å². The maximum Gasteiger partial charge on any atom is 0.156 e. The van der Waals surface area contributed by atoms with Crippen molar-refractivity contribution in [2.24, 2.45) is 0 Å². The lowest BCUT2D eigenvalue weighted by Gasteiger charge is -2.31. The summed E-state index contributed by atoms with van der Waals surface area (Å²) in [5.41, 5.74) is 2.35. The Morgan fingerprint density at radius 1 is 1.31 bits per heavy atom. The van der Waals surface area contributed by atoms with Gasteiger partial charge in [0.2, 0.25) is 0 Å². The van der Waals surface area contributed by atoms with Gasteiger partial charge in [-0.3, -0.25) is 0 Å². The number of hydrogen-bond acceptors (Lipinski definition) is 3. The lowest BCUT2D eigenvalue weighted by molar-refractivity contribution is 0.434. The average Bonchev–Trinajstić information content (AvgIpc) is 2.57. The molecule has 0 aromatic heterocycles. The molecule has 16 heavy (non-hydrogen) atoms. The fourth-order valence-electron chi connectivity index (χ4n) is 2.92. The van der Waals surface area contributed by atoms with E-state index < -0.39 is 9.84 Å². The van der Waals surface area contributed by atoms with Crippen molar-refractivity contribution in [1.82, 2.24) is 5.32 Å². The molecule has 0 saturated carbocycles. The summed E-state index contributed by atoms with van der Waals surface area (Å²) in [5, 5.41) is 3.16. The van der Waals surface area contributed by atoms with E-state index in [1.165, 1.54) is 11.1 Å². The first-order valence-electron chi connectivity index (χ1n) is 5.63. The molecule has 1 aliphatic heterocycles. The Morgan fingerprint density at radius 3 is 2.88 bits per heavy atom. The molecule has 3 unspecified atom stereocenters. The van der Waals surface area contributed by atoms with Crippen LogP contribution in [0.1, 0.15) is 24.1 Å². The van der Waals surface area contributed by atoms with Crippen molar-refractivity contribution < 1.29 is 8.42 Å². The Morgan fingerprint density at radius 2 is 2.06 bits per heavy atom. The Labute approximate surface area is 95.8 Å². The summed E-state index contributed by atoms with van der Waals surface area (Å²) in [4.78, 5) is 0. The number of fused-ring (bicyclic) bond motifs is 3. The van der Waals surface area contributed by atoms with Crippen LogP contribution in [-0.4, -0.2) is 25.5 Å². The molecule has 3 rings (SSSR count). The van der Waals surface area contributed by atoms with Gasteiger partial charge in [0, 0.05) is 12.1 Å². The van der Waals surface area contributed by atoms with Gasteiger partial charge in [-0.05, 0) is 24.5 Å². The molecule has 1 heterocycles. The van der Waals surface area contributed by atoms with Crippen molar-refractivity contribution in [3.8, 4) is 0 Å². The first-order valence-corrected chi connectivity index (χ1v) is 7.35. The predicted octanol–water partition coefficient (Wildman–Crippen LogP) is 1.06. The quantitative estimate of drug-likeness (QED) is 0.734. The van der Waals surface area contributed by atoms with Crippen LogP contribution in [-0.2, 0) is 16.3 Å². The van der Waals surface area contributed by atoms with E-state index in [4.69, 9.17) is 0 Å². The van der Waals surface area contributed by atoms with E-state index in [1.54, 1.807) is 0 Å². The van der Waals surface area contributed by atoms with E-state index >= 15 is 0 Å². The van der Waals surface area contributed by atoms with E-state index in [1.807, 2.05) is 31.2 Å². The predicted molar refractivity (Wildman–Crippen MR) is 63.1 cm³/mol. The Bertz CT molecular complexity index is 524. The normalized spacial score (nSPS) is 35.4. The van der Waals surface area contributed by atoms with Crippen LogP contribution in [0.2, 0.25) is 0 Å². The van der Waals surface area contributed by atoms with Crippen LogP contribution in [0.3, 0.4) is 0 Å². The number of nitrogens with one attached hydrogen (secondary N) is 1. The molecule has 2 aliphatic rings. The summed E-state index contributed by atoms with van der Waals surface area (Å²) in [6.45, 7) is 1.94. The second-order valence-electron chi connectivity index (χ2n) is 4.82. The third kappa shape index (κ3) is 1.40. The maximum absolute atomic E-state index is 12.1. The van der Waals surface area contributed by atoms with Crippen LogP contribution in [0.15, 0.2) is 24.3 Å². The van der Waals surface area contributed by atoms with Gasteiger partial charge in [0.05, 0.1) is 11.0 Å². The third-order valence-electron chi connectivity index (χ3n) is 3.59. The number of sulfone groups is 1. The highest BCUT2D eigenvalue weighted by Crippen LogP contribution is 2.38. The standard InChI is InChI=1S/C12H15NO2S/c1-8-7-16(14,15)11-6-9-4-2-3-5-10(9)12(11)13-8/h2-5,8,11-13H,6-7H2,1H3. The largest absolute Gasteiger partial charge is 0.305 e. The zero-order valence-corrected chi connectivity index (χ0v) is 10.00. The summed E-state index contributed by atoms with van der Waals surface area (Å²) >= 11 is 0. The van der Waals surface area contributed by atoms with Crippen molar-refractivity contribution in [1.29, 1.82) is 0 Å². The second kappa shape index (κ2) is 3.31. The van der Waals surface area contributed by atoms with Gasteiger partial charge in [0.1, 0.15) is 0 Å². The fourth-order valence-corrected chi connectivity index (χ4v) is 5.03. The minimum atomic E-state index is -2.94. The molecule has 0 radical (unpaired) electrons. The van der Waals surface area contributed by atoms with Crippen LogP contribution >= 0.6 is 0 Å². The minimum absolute atomic E-state index is 0.00458. The molecule has 1 aliphatic carbocycles. The molecule has 1 aromatic carbocycles. The zero-order chi connectivity index (χ0) is 11.3. The van der Waals surface area contributed by atoms with Crippen LogP contribution in [0.25, 0.3) is 0 Å². The van der Waals surface area contributed by atoms with E-state index in [9.17, 15) is 8.42 Å². The smallest absolute Gasteiger partial charge is 0.156 e. The molecule has 0 amide bonds. The van der Waals surface area contributed by atoms with Crippen LogP contribution in [0.4, 0.5) is 0 Å². The summed E-state index contributed by atoms with van der Waals surface area (Å²) in [5.74, 6) is 0.266. The van der Waals surface area contributed by atoms with Gasteiger partial charge in [-0.1, -0.05) is 24.3 Å². The topological polar surface area (TPSA) is 46.2 Å². The molecule has 1 saturated heterocycles. The second-order valence-corrected chi connectivity index (χ2v) is 7.08. The number of hydrogen-bond donors (Lipinski definition) is 1. The van der Waals surface area contributed by atoms with Gasteiger partial charge in [-0.2, -0.15) is 0 Å². The third-order valence-corrected chi connectivity index (χ3v) is 5.92. The van der Waals surface area contributed by atoms with Gasteiger partial charge in [0.25, 0.3) is 0 Å². The van der Waals surface area contributed by atoms with E-state index in [-0.39, 0.29) is 23.1 Å². The molecule has 1 N–H and O–H groups in total. The minimum Gasteiger partial charge on any atom is -0.305 e. The van der Waals surface area contributed by atoms with Crippen molar-refractivity contribution in [3.05, 3.63) is 35.4 Å². The van der Waals surface area contributed by atoms with Gasteiger partial charge in [-0.25, -0.2) is 8.42 Å². The summed E-state index contributed by atoms with van der Waals surface area (Å²) in [6, 6.07) is 8.10. The Balaban J connectivity index is 2.09. The van der Waals surface area contributed by atoms with Crippen molar-refractivity contribution in [3.63, 3.8) is 0 Å². The van der Waals surface area contributed by atoms with Gasteiger partial charge < -0.3 is 5.32 Å². The maximum atomic E-state index is 12.1. The molecule has 4 heteroatoms. The number of rotatable bonds is 0. The highest BCUT2D eigenvalue weighted by Gasteiger charge is 2.45. The molecule has 3 atom stereocenters. The molecule has 1 aromatic rings. The van der Waals surface area contributed by atoms with Crippen molar-refractivity contribution in [2.75, 3.05) is 5.75 Å². The number of benzene rings is 1. The summed E-state index contributed by atoms with van der Waals surface area (Å²) in [7, 11) is -2.94. The van der Waals surface area contributed by atoms with Gasteiger partial charge >= 0.3 is 0 Å². The summed E-state index contributed by atoms with van der Waals surface area (Å²) in [6.07, 6.45) is 0.670. The van der Waals surface area contributed by atoms with E-state index in [0.29, 0.717) is 6.42 Å². The fraction of sp³-hybridized carbons (Fsp3) is 0.500. The Hall–Kier alpha value is -0.870. The highest BCUT2D eigenvalue weighted by molar-refractivity contribution is 7.92. The van der Waals surface area contributed by atoms with Crippen molar-refractivity contribution in [2.45, 2.75) is 30.7 Å². The summed E-state index contributed by atoms with van der Waals surface area (Å²) < 4.78 is 24.2. The molecular weight excluding hydrogens is 222 g/mol. The molecule has 1 fully saturated rings. The zero-order valence-electron chi connectivity index (χ0n) is 9.18. The average molecular weight is 237 g/mol. The van der Waals surface area contributed by atoms with Crippen LogP contribution < -0.4 is 5.32 Å². The first-order chi connectivity index (χ1) is 7.58. The Kier molecular flexibility index (Phi) is 2.13. The van der Waals surface area contributed by atoms with Crippen LogP contribution in [0, 0.1) is 0 Å². The monoisotopic (exact) mass is 237 g/mol. The molecular formula is C12H15NO2S. The van der Waals surface area contributed by atoms with Crippen LogP contribution in [0.5, 0.6) is 0 Å². The lowest BCUT2D eigenvalue weighted by atomic mass is 10.1. The molecule has 0 bridgehead atoms.